The molecule has 1 aliphatic heterocycles. The van der Waals surface area contributed by atoms with E-state index in [1.165, 1.54) is 31.2 Å². The van der Waals surface area contributed by atoms with Crippen molar-refractivity contribution in [1.82, 2.24) is 9.88 Å². The van der Waals surface area contributed by atoms with Crippen molar-refractivity contribution in [3.63, 3.8) is 0 Å². The van der Waals surface area contributed by atoms with Gasteiger partial charge in [0.1, 0.15) is 5.75 Å². The number of methoxy groups -OCH3 is 1. The number of aromatic nitrogens is 1. The number of hydrogen-bond acceptors (Lipinski definition) is 2. The van der Waals surface area contributed by atoms with E-state index >= 15 is 0 Å². The van der Waals surface area contributed by atoms with E-state index in [9.17, 15) is 0 Å². The Balaban J connectivity index is 1.67. The first-order valence-electron chi connectivity index (χ1n) is 8.47. The molecule has 3 rings (SSSR count). The Hall–Kier alpha value is -2.17. The predicted molar refractivity (Wildman–Crippen MR) is 95.1 cm³/mol. The number of rotatable bonds is 4. The van der Waals surface area contributed by atoms with Crippen LogP contribution in [0.1, 0.15) is 31.2 Å². The predicted octanol–water partition coefficient (Wildman–Crippen LogP) is 2.91. The minimum absolute atomic E-state index is 0.693. The third kappa shape index (κ3) is 3.60. The van der Waals surface area contributed by atoms with E-state index in [-0.39, 0.29) is 0 Å². The lowest BCUT2D eigenvalue weighted by Crippen LogP contribution is -2.38. The summed E-state index contributed by atoms with van der Waals surface area (Å²) in [5, 5.41) is 1.15. The van der Waals surface area contributed by atoms with Crippen LogP contribution in [0.2, 0.25) is 0 Å². The van der Waals surface area contributed by atoms with Gasteiger partial charge in [-0.3, -0.25) is 4.99 Å². The Morgan fingerprint density at radius 1 is 1.26 bits per heavy atom. The normalized spacial score (nSPS) is 16.6. The average molecular weight is 314 g/mol. The summed E-state index contributed by atoms with van der Waals surface area (Å²) < 4.78 is 5.47. The van der Waals surface area contributed by atoms with Crippen molar-refractivity contribution in [2.75, 3.05) is 26.7 Å². The van der Waals surface area contributed by atoms with Crippen LogP contribution in [0.4, 0.5) is 0 Å². The number of guanidine groups is 1. The molecule has 2 heterocycles. The third-order valence-electron chi connectivity index (χ3n) is 4.55. The molecule has 2 aromatic rings. The number of hydrogen-bond donors (Lipinski definition) is 2. The van der Waals surface area contributed by atoms with Crippen LogP contribution in [0.15, 0.2) is 29.4 Å². The summed E-state index contributed by atoms with van der Waals surface area (Å²) in [4.78, 5) is 10.1. The lowest BCUT2D eigenvalue weighted by Gasteiger charge is -2.21. The maximum absolute atomic E-state index is 6.17. The molecule has 1 aromatic heterocycles. The SMILES string of the molecule is COc1cccc2[nH]cc(CCN=C(N)N3CCCCCC3)c12. The zero-order valence-electron chi connectivity index (χ0n) is 13.8. The van der Waals surface area contributed by atoms with Gasteiger partial charge in [0.2, 0.25) is 0 Å². The second-order valence-electron chi connectivity index (χ2n) is 6.09. The number of nitrogens with one attached hydrogen (secondary N) is 1. The van der Waals surface area contributed by atoms with Crippen molar-refractivity contribution in [3.05, 3.63) is 30.0 Å². The topological polar surface area (TPSA) is 66.6 Å². The third-order valence-corrected chi connectivity index (χ3v) is 4.55. The molecular formula is C18H26N4O. The molecule has 124 valence electrons. The highest BCUT2D eigenvalue weighted by Gasteiger charge is 2.11. The highest BCUT2D eigenvalue weighted by atomic mass is 16.5. The molecule has 0 aliphatic carbocycles. The molecule has 0 bridgehead atoms. The summed E-state index contributed by atoms with van der Waals surface area (Å²) in [6, 6.07) is 6.06. The molecule has 0 spiro atoms. The summed E-state index contributed by atoms with van der Waals surface area (Å²) in [6.45, 7) is 2.78. The molecular weight excluding hydrogens is 288 g/mol. The van der Waals surface area contributed by atoms with Gasteiger partial charge in [-0.25, -0.2) is 0 Å². The van der Waals surface area contributed by atoms with Crippen molar-refractivity contribution in [3.8, 4) is 5.75 Å². The lowest BCUT2D eigenvalue weighted by atomic mass is 10.1. The first-order chi connectivity index (χ1) is 11.3. The van der Waals surface area contributed by atoms with Crippen LogP contribution >= 0.6 is 0 Å². The number of ether oxygens (including phenoxy) is 1. The van der Waals surface area contributed by atoms with Crippen LogP contribution in [0.25, 0.3) is 10.9 Å². The Bertz CT molecular complexity index is 669. The zero-order valence-corrected chi connectivity index (χ0v) is 13.8. The maximum atomic E-state index is 6.17. The van der Waals surface area contributed by atoms with Gasteiger partial charge in [-0.1, -0.05) is 18.9 Å². The van der Waals surface area contributed by atoms with Crippen LogP contribution in [0, 0.1) is 0 Å². The van der Waals surface area contributed by atoms with E-state index < -0.39 is 0 Å². The molecule has 0 amide bonds. The molecule has 23 heavy (non-hydrogen) atoms. The van der Waals surface area contributed by atoms with Crippen molar-refractivity contribution in [2.24, 2.45) is 10.7 Å². The molecule has 5 nitrogen and oxygen atoms in total. The first kappa shape index (κ1) is 15.7. The Kier molecular flexibility index (Phi) is 5.05. The highest BCUT2D eigenvalue weighted by molar-refractivity contribution is 5.89. The molecule has 0 saturated carbocycles. The zero-order chi connectivity index (χ0) is 16.1. The van der Waals surface area contributed by atoms with Gasteiger partial charge in [0, 0.05) is 36.7 Å². The number of likely N-dealkylation sites (tertiary alicyclic amines) is 1. The van der Waals surface area contributed by atoms with Crippen LogP contribution in [-0.4, -0.2) is 42.6 Å². The van der Waals surface area contributed by atoms with Crippen molar-refractivity contribution < 1.29 is 4.74 Å². The minimum Gasteiger partial charge on any atom is -0.496 e. The van der Waals surface area contributed by atoms with Gasteiger partial charge in [0.05, 0.1) is 7.11 Å². The van der Waals surface area contributed by atoms with Crippen LogP contribution < -0.4 is 10.5 Å². The maximum Gasteiger partial charge on any atom is 0.191 e. The van der Waals surface area contributed by atoms with Gasteiger partial charge in [-0.05, 0) is 37.0 Å². The summed E-state index contributed by atoms with van der Waals surface area (Å²) >= 11 is 0. The summed E-state index contributed by atoms with van der Waals surface area (Å²) in [7, 11) is 1.71. The van der Waals surface area contributed by atoms with E-state index in [1.807, 2.05) is 18.3 Å². The number of H-pyrrole nitrogens is 1. The van der Waals surface area contributed by atoms with Gasteiger partial charge < -0.3 is 20.4 Å². The Labute approximate surface area is 137 Å². The molecule has 0 atom stereocenters. The lowest BCUT2D eigenvalue weighted by molar-refractivity contribution is 0.419. The van der Waals surface area contributed by atoms with Gasteiger partial charge >= 0.3 is 0 Å². The van der Waals surface area contributed by atoms with E-state index in [2.05, 4.69) is 20.9 Å². The fraction of sp³-hybridized carbons (Fsp3) is 0.500. The van der Waals surface area contributed by atoms with Crippen LogP contribution in [0.3, 0.4) is 0 Å². The van der Waals surface area contributed by atoms with Gasteiger partial charge in [-0.15, -0.1) is 0 Å². The van der Waals surface area contributed by atoms with Crippen molar-refractivity contribution in [2.45, 2.75) is 32.1 Å². The summed E-state index contributed by atoms with van der Waals surface area (Å²) in [5.41, 5.74) is 8.50. The number of benzene rings is 1. The van der Waals surface area contributed by atoms with E-state index in [1.54, 1.807) is 7.11 Å². The van der Waals surface area contributed by atoms with Crippen molar-refractivity contribution >= 4 is 16.9 Å². The number of nitrogens with two attached hydrogens (primary N) is 1. The molecule has 0 radical (unpaired) electrons. The van der Waals surface area contributed by atoms with Crippen LogP contribution in [-0.2, 0) is 6.42 Å². The summed E-state index contributed by atoms with van der Waals surface area (Å²) in [5.74, 6) is 1.60. The molecule has 1 aromatic carbocycles. The second kappa shape index (κ2) is 7.40. The quantitative estimate of drug-likeness (QED) is 0.673. The van der Waals surface area contributed by atoms with Gasteiger partial charge in [-0.2, -0.15) is 0 Å². The standard InChI is InChI=1S/C18H26N4O/c1-23-16-8-6-7-15-17(16)14(13-21-15)9-10-20-18(19)22-11-4-2-3-5-12-22/h6-8,13,21H,2-5,9-12H2,1H3,(H2,19,20). The summed E-state index contributed by atoms with van der Waals surface area (Å²) in [6.07, 6.45) is 7.95. The monoisotopic (exact) mass is 314 g/mol. The number of aromatic amines is 1. The van der Waals surface area contributed by atoms with Crippen molar-refractivity contribution in [1.29, 1.82) is 0 Å². The fourth-order valence-corrected chi connectivity index (χ4v) is 3.28. The first-order valence-corrected chi connectivity index (χ1v) is 8.47. The molecule has 1 fully saturated rings. The highest BCUT2D eigenvalue weighted by Crippen LogP contribution is 2.28. The molecule has 1 saturated heterocycles. The van der Waals surface area contributed by atoms with E-state index in [4.69, 9.17) is 10.5 Å². The minimum atomic E-state index is 0.693. The second-order valence-corrected chi connectivity index (χ2v) is 6.09. The molecule has 1 aliphatic rings. The number of aliphatic imine (C=N–C) groups is 1. The average Bonchev–Trinajstić information content (AvgIpc) is 2.81. The molecule has 5 heteroatoms. The molecule has 0 unspecified atom stereocenters. The molecule has 3 N–H and O–H groups in total. The number of fused-ring (bicyclic) bond motifs is 1. The van der Waals surface area contributed by atoms with Gasteiger partial charge in [0.25, 0.3) is 0 Å². The van der Waals surface area contributed by atoms with Gasteiger partial charge in [0.15, 0.2) is 5.96 Å². The van der Waals surface area contributed by atoms with Crippen LogP contribution in [0.5, 0.6) is 5.75 Å². The smallest absolute Gasteiger partial charge is 0.191 e. The Morgan fingerprint density at radius 2 is 2.04 bits per heavy atom. The largest absolute Gasteiger partial charge is 0.496 e. The van der Waals surface area contributed by atoms with E-state index in [0.29, 0.717) is 12.5 Å². The van der Waals surface area contributed by atoms with E-state index in [0.717, 1.165) is 36.2 Å². The number of nitrogens with zero attached hydrogens (tertiary/aromatic N) is 2. The Morgan fingerprint density at radius 3 is 2.78 bits per heavy atom. The fourth-order valence-electron chi connectivity index (χ4n) is 3.28.